The predicted molar refractivity (Wildman–Crippen MR) is 154 cm³/mol. The lowest BCUT2D eigenvalue weighted by Crippen LogP contribution is -2.34. The van der Waals surface area contributed by atoms with E-state index in [9.17, 15) is 4.79 Å². The normalized spacial score (nSPS) is 21.6. The van der Waals surface area contributed by atoms with E-state index in [4.69, 9.17) is 18.6 Å². The van der Waals surface area contributed by atoms with Gasteiger partial charge >= 0.3 is 0 Å². The maximum atomic E-state index is 13.5. The van der Waals surface area contributed by atoms with Crippen LogP contribution in [0.25, 0.3) is 0 Å². The molecule has 0 N–H and O–H groups in total. The lowest BCUT2D eigenvalue weighted by Gasteiger charge is -2.42. The topological polar surface area (TPSA) is 57.9 Å². The number of ketones is 1. The van der Waals surface area contributed by atoms with Crippen LogP contribution in [0.5, 0.6) is 17.2 Å². The molecule has 1 aromatic heterocycles. The van der Waals surface area contributed by atoms with Gasteiger partial charge in [-0.3, -0.25) is 4.79 Å². The number of methoxy groups -OCH3 is 3. The van der Waals surface area contributed by atoms with Crippen molar-refractivity contribution in [3.05, 3.63) is 75.7 Å². The highest BCUT2D eigenvalue weighted by atomic mass is 16.5. The van der Waals surface area contributed by atoms with E-state index in [1.807, 2.05) is 24.3 Å². The number of carbonyl (C=O) groups is 1. The summed E-state index contributed by atoms with van der Waals surface area (Å²) >= 11 is 0. The van der Waals surface area contributed by atoms with Crippen LogP contribution in [0.15, 0.2) is 40.8 Å². The standard InChI is InChI=1S/C34H42O5/c1-19-14-25-26(34(5,6)13-12-33(25,3)4)18-22(19)20(2)27-10-11-28(39-27)32(35)24-17-23(24)31-29(37-8)15-21(36-7)16-30(31)38-9/h10-11,14-16,18,20,23-24H,12-13,17H2,1-9H3/t20-,23?,24-/m0/s1. The Hall–Kier alpha value is -3.21. The second kappa shape index (κ2) is 9.76. The van der Waals surface area contributed by atoms with E-state index >= 15 is 0 Å². The van der Waals surface area contributed by atoms with Crippen LogP contribution in [-0.4, -0.2) is 27.1 Å². The summed E-state index contributed by atoms with van der Waals surface area (Å²) in [6.45, 7) is 13.8. The Bertz CT molecular complexity index is 1380. The van der Waals surface area contributed by atoms with Crippen molar-refractivity contribution in [2.45, 2.75) is 83.5 Å². The zero-order chi connectivity index (χ0) is 28.3. The molecule has 1 saturated carbocycles. The smallest absolute Gasteiger partial charge is 0.201 e. The van der Waals surface area contributed by atoms with Gasteiger partial charge in [0.15, 0.2) is 5.76 Å². The third-order valence-electron chi connectivity index (χ3n) is 9.25. The van der Waals surface area contributed by atoms with Crippen molar-refractivity contribution < 1.29 is 23.4 Å². The fourth-order valence-electron chi connectivity index (χ4n) is 6.46. The van der Waals surface area contributed by atoms with Gasteiger partial charge < -0.3 is 18.6 Å². The molecule has 5 rings (SSSR count). The first kappa shape index (κ1) is 27.4. The van der Waals surface area contributed by atoms with E-state index in [0.29, 0.717) is 23.0 Å². The van der Waals surface area contributed by atoms with Crippen molar-refractivity contribution in [2.75, 3.05) is 21.3 Å². The van der Waals surface area contributed by atoms with Gasteiger partial charge in [-0.2, -0.15) is 0 Å². The van der Waals surface area contributed by atoms with E-state index in [1.165, 1.54) is 35.1 Å². The minimum atomic E-state index is -0.163. The SMILES string of the molecule is COc1cc(OC)c(C2C[C@@H]2C(=O)c2ccc([C@@H](C)c3cc4c(cc3C)C(C)(C)CCC4(C)C)o2)c(OC)c1. The van der Waals surface area contributed by atoms with Crippen LogP contribution in [-0.2, 0) is 10.8 Å². The van der Waals surface area contributed by atoms with Crippen molar-refractivity contribution in [3.63, 3.8) is 0 Å². The molecule has 1 heterocycles. The molecule has 5 heteroatoms. The molecule has 0 saturated heterocycles. The van der Waals surface area contributed by atoms with Crippen LogP contribution < -0.4 is 14.2 Å². The molecule has 2 aliphatic carbocycles. The molecule has 1 unspecified atom stereocenters. The molecule has 1 fully saturated rings. The van der Waals surface area contributed by atoms with Gasteiger partial charge in [0.25, 0.3) is 0 Å². The molecule has 3 aromatic rings. The lowest BCUT2D eigenvalue weighted by molar-refractivity contribution is 0.0935. The number of benzene rings is 2. The van der Waals surface area contributed by atoms with Crippen molar-refractivity contribution in [1.29, 1.82) is 0 Å². The Balaban J connectivity index is 1.40. The van der Waals surface area contributed by atoms with Gasteiger partial charge in [-0.25, -0.2) is 0 Å². The van der Waals surface area contributed by atoms with Gasteiger partial charge in [-0.05, 0) is 71.4 Å². The van der Waals surface area contributed by atoms with Crippen LogP contribution in [0.1, 0.15) is 110 Å². The molecular formula is C34H42O5. The number of carbonyl (C=O) groups excluding carboxylic acids is 1. The Morgan fingerprint density at radius 2 is 1.49 bits per heavy atom. The second-order valence-electron chi connectivity index (χ2n) is 12.7. The van der Waals surface area contributed by atoms with Crippen molar-refractivity contribution in [1.82, 2.24) is 0 Å². The van der Waals surface area contributed by atoms with Crippen molar-refractivity contribution in [3.8, 4) is 17.2 Å². The quantitative estimate of drug-likeness (QED) is 0.275. The molecular weight excluding hydrogens is 488 g/mol. The lowest BCUT2D eigenvalue weighted by atomic mass is 9.62. The van der Waals surface area contributed by atoms with Crippen LogP contribution >= 0.6 is 0 Å². The number of hydrogen-bond acceptors (Lipinski definition) is 5. The van der Waals surface area contributed by atoms with Crippen LogP contribution in [0, 0.1) is 12.8 Å². The molecule has 0 amide bonds. The Kier molecular flexibility index (Phi) is 6.85. The molecule has 2 aliphatic rings. The molecule has 39 heavy (non-hydrogen) atoms. The van der Waals surface area contributed by atoms with Gasteiger partial charge in [0, 0.05) is 35.4 Å². The number of furan rings is 1. The van der Waals surface area contributed by atoms with Crippen LogP contribution in [0.2, 0.25) is 0 Å². The zero-order valence-electron chi connectivity index (χ0n) is 24.9. The molecule has 0 bridgehead atoms. The fourth-order valence-corrected chi connectivity index (χ4v) is 6.46. The molecule has 0 spiro atoms. The average molecular weight is 531 g/mol. The maximum Gasteiger partial charge on any atom is 0.201 e. The average Bonchev–Trinajstić information content (AvgIpc) is 3.55. The van der Waals surface area contributed by atoms with Gasteiger partial charge in [-0.15, -0.1) is 0 Å². The van der Waals surface area contributed by atoms with Crippen molar-refractivity contribution in [2.24, 2.45) is 5.92 Å². The Morgan fingerprint density at radius 1 is 0.897 bits per heavy atom. The highest BCUT2D eigenvalue weighted by molar-refractivity contribution is 5.98. The van der Waals surface area contributed by atoms with E-state index < -0.39 is 0 Å². The van der Waals surface area contributed by atoms with Crippen molar-refractivity contribution >= 4 is 5.78 Å². The number of ether oxygens (including phenoxy) is 3. The first-order valence-corrected chi connectivity index (χ1v) is 14.0. The minimum Gasteiger partial charge on any atom is -0.496 e. The summed E-state index contributed by atoms with van der Waals surface area (Å²) in [4.78, 5) is 13.5. The van der Waals surface area contributed by atoms with E-state index in [0.717, 1.165) is 17.7 Å². The molecule has 5 nitrogen and oxygen atoms in total. The second-order valence-corrected chi connectivity index (χ2v) is 12.7. The summed E-state index contributed by atoms with van der Waals surface area (Å²) in [5.74, 6) is 3.20. The largest absolute Gasteiger partial charge is 0.496 e. The number of rotatable bonds is 8. The minimum absolute atomic E-state index is 0.0211. The number of hydrogen-bond donors (Lipinski definition) is 0. The highest BCUT2D eigenvalue weighted by Crippen LogP contribution is 2.56. The first-order valence-electron chi connectivity index (χ1n) is 14.0. The summed E-state index contributed by atoms with van der Waals surface area (Å²) in [5, 5.41) is 0. The van der Waals surface area contributed by atoms with Gasteiger partial charge in [0.2, 0.25) is 5.78 Å². The molecule has 208 valence electrons. The number of aryl methyl sites for hydroxylation is 1. The summed E-state index contributed by atoms with van der Waals surface area (Å²) in [5.41, 5.74) is 6.68. The Morgan fingerprint density at radius 3 is 2.05 bits per heavy atom. The van der Waals surface area contributed by atoms with E-state index in [-0.39, 0.29) is 34.4 Å². The maximum absolute atomic E-state index is 13.5. The summed E-state index contributed by atoms with van der Waals surface area (Å²) in [6.07, 6.45) is 3.11. The Labute approximate surface area is 232 Å². The third-order valence-corrected chi connectivity index (χ3v) is 9.25. The molecule has 3 atom stereocenters. The first-order chi connectivity index (χ1) is 18.4. The van der Waals surface area contributed by atoms with Gasteiger partial charge in [0.05, 0.1) is 21.3 Å². The van der Waals surface area contributed by atoms with Crippen LogP contribution in [0.4, 0.5) is 0 Å². The van der Waals surface area contributed by atoms with Crippen LogP contribution in [0.3, 0.4) is 0 Å². The van der Waals surface area contributed by atoms with Gasteiger partial charge in [0.1, 0.15) is 23.0 Å². The third kappa shape index (κ3) is 4.74. The van der Waals surface area contributed by atoms with E-state index in [2.05, 4.69) is 53.7 Å². The fraction of sp³-hybridized carbons (Fsp3) is 0.500. The predicted octanol–water partition coefficient (Wildman–Crippen LogP) is 8.10. The molecule has 2 aromatic carbocycles. The number of Topliss-reactive ketones (excluding diaryl/α,β-unsaturated/α-hetero) is 1. The van der Waals surface area contributed by atoms with Gasteiger partial charge in [-0.1, -0.05) is 46.8 Å². The monoisotopic (exact) mass is 530 g/mol. The zero-order valence-corrected chi connectivity index (χ0v) is 24.9. The summed E-state index contributed by atoms with van der Waals surface area (Å²) in [7, 11) is 4.87. The highest BCUT2D eigenvalue weighted by Gasteiger charge is 2.48. The van der Waals surface area contributed by atoms with E-state index in [1.54, 1.807) is 21.3 Å². The molecule has 0 radical (unpaired) electrons. The summed E-state index contributed by atoms with van der Waals surface area (Å²) in [6, 6.07) is 12.3. The molecule has 0 aliphatic heterocycles. The number of fused-ring (bicyclic) bond motifs is 1. The summed E-state index contributed by atoms with van der Waals surface area (Å²) < 4.78 is 22.9.